The number of aliphatic hydroxyl groups is 4. The summed E-state index contributed by atoms with van der Waals surface area (Å²) < 4.78 is 17.4. The van der Waals surface area contributed by atoms with Crippen molar-refractivity contribution in [2.24, 2.45) is 10.7 Å². The molecule has 1 saturated heterocycles. The Morgan fingerprint density at radius 2 is 1.79 bits per heavy atom. The number of aromatic nitrogens is 2. The van der Waals surface area contributed by atoms with Gasteiger partial charge < -0.3 is 62.3 Å². The molecule has 17 heteroatoms. The molecule has 3 heterocycles. The number of nitrogens with two attached hydrogens (primary N) is 3. The van der Waals surface area contributed by atoms with Gasteiger partial charge in [-0.25, -0.2) is 9.97 Å². The molecule has 2 aromatic heterocycles. The molecular formula is C40H45N7O10. The monoisotopic (exact) mass is 783 g/mol. The molecule has 300 valence electrons. The van der Waals surface area contributed by atoms with Gasteiger partial charge in [-0.3, -0.25) is 14.6 Å². The molecule has 7 unspecified atom stereocenters. The Morgan fingerprint density at radius 3 is 2.47 bits per heavy atom. The lowest BCUT2D eigenvalue weighted by molar-refractivity contribution is -0.314. The molecule has 2 aliphatic carbocycles. The van der Waals surface area contributed by atoms with E-state index in [4.69, 9.17) is 31.4 Å². The molecule has 4 aromatic rings. The van der Waals surface area contributed by atoms with Crippen LogP contribution in [0.15, 0.2) is 59.9 Å². The van der Waals surface area contributed by atoms with Crippen LogP contribution in [0.3, 0.4) is 0 Å². The Balaban J connectivity index is 1.25. The van der Waals surface area contributed by atoms with Crippen molar-refractivity contribution >= 4 is 29.2 Å². The summed E-state index contributed by atoms with van der Waals surface area (Å²) in [5.74, 6) is -1.41. The van der Waals surface area contributed by atoms with Crippen LogP contribution in [0, 0.1) is 0 Å². The number of ketones is 2. The first-order valence-corrected chi connectivity index (χ1v) is 18.4. The number of anilines is 2. The normalized spacial score (nSPS) is 25.6. The minimum Gasteiger partial charge on any atom is -0.507 e. The Labute approximate surface area is 327 Å². The number of aromatic hydroxyl groups is 1. The number of ether oxygens (including phenoxy) is 3. The predicted molar refractivity (Wildman–Crippen MR) is 206 cm³/mol. The van der Waals surface area contributed by atoms with Crippen molar-refractivity contribution < 1.29 is 49.3 Å². The molecule has 7 atom stereocenters. The number of methoxy groups -OCH3 is 1. The van der Waals surface area contributed by atoms with Gasteiger partial charge in [0.2, 0.25) is 12.1 Å². The highest BCUT2D eigenvalue weighted by atomic mass is 16.7. The molecule has 57 heavy (non-hydrogen) atoms. The summed E-state index contributed by atoms with van der Waals surface area (Å²) >= 11 is 0. The van der Waals surface area contributed by atoms with Crippen LogP contribution in [-0.2, 0) is 17.6 Å². The van der Waals surface area contributed by atoms with E-state index in [1.54, 1.807) is 30.5 Å². The lowest BCUT2D eigenvalue weighted by atomic mass is 9.72. The smallest absolute Gasteiger partial charge is 0.229 e. The summed E-state index contributed by atoms with van der Waals surface area (Å²) in [6.45, 7) is -0.781. The number of nitrogens with one attached hydrogen (secondary N) is 1. The summed E-state index contributed by atoms with van der Waals surface area (Å²) in [4.78, 5) is 41.3. The van der Waals surface area contributed by atoms with Gasteiger partial charge in [-0.2, -0.15) is 0 Å². The fraction of sp³-hybridized carbons (Fsp3) is 0.375. The number of hydrogen-bond acceptors (Lipinski definition) is 15. The van der Waals surface area contributed by atoms with Crippen molar-refractivity contribution in [3.8, 4) is 17.2 Å². The second kappa shape index (κ2) is 15.6. The fourth-order valence-corrected chi connectivity index (χ4v) is 8.13. The zero-order valence-corrected chi connectivity index (χ0v) is 31.3. The number of carbonyl (C=O) groups excluding carboxylic acids is 2. The molecule has 1 aliphatic heterocycles. The second-order valence-electron chi connectivity index (χ2n) is 14.5. The van der Waals surface area contributed by atoms with Crippen molar-refractivity contribution in [1.29, 1.82) is 0 Å². The number of phenols is 1. The topological polar surface area (TPSA) is 291 Å². The lowest BCUT2D eigenvalue weighted by Gasteiger charge is -2.47. The summed E-state index contributed by atoms with van der Waals surface area (Å²) in [5, 5.41) is 59.7. The van der Waals surface area contributed by atoms with Gasteiger partial charge in [0.1, 0.15) is 52.8 Å². The van der Waals surface area contributed by atoms with E-state index in [9.17, 15) is 35.1 Å². The number of aliphatic imine (C=N–C) groups is 1. The highest BCUT2D eigenvalue weighted by Gasteiger charge is 2.55. The van der Waals surface area contributed by atoms with Crippen LogP contribution >= 0.6 is 0 Å². The first-order chi connectivity index (χ1) is 27.3. The molecule has 3 aliphatic rings. The van der Waals surface area contributed by atoms with Crippen LogP contribution < -0.4 is 32.0 Å². The van der Waals surface area contributed by atoms with Crippen LogP contribution in [-0.4, -0.2) is 104 Å². The fourth-order valence-electron chi connectivity index (χ4n) is 8.13. The van der Waals surface area contributed by atoms with Crippen LogP contribution in [0.4, 0.5) is 11.6 Å². The number of guanidine groups is 1. The number of fused-ring (bicyclic) bond motifs is 3. The molecule has 1 fully saturated rings. The van der Waals surface area contributed by atoms with Gasteiger partial charge in [-0.05, 0) is 85.0 Å². The number of pyridine rings is 2. The third-order valence-corrected chi connectivity index (χ3v) is 11.2. The van der Waals surface area contributed by atoms with Crippen molar-refractivity contribution in [3.05, 3.63) is 99.4 Å². The van der Waals surface area contributed by atoms with Crippen LogP contribution in [0.5, 0.6) is 17.2 Å². The van der Waals surface area contributed by atoms with Gasteiger partial charge >= 0.3 is 0 Å². The number of phenolic OH excluding ortho intramolecular Hbond substituents is 1. The molecule has 0 amide bonds. The first kappa shape index (κ1) is 39.4. The van der Waals surface area contributed by atoms with E-state index < -0.39 is 60.2 Å². The van der Waals surface area contributed by atoms with E-state index in [1.807, 2.05) is 6.07 Å². The Hall–Kier alpha value is -5.85. The van der Waals surface area contributed by atoms with E-state index in [2.05, 4.69) is 20.3 Å². The van der Waals surface area contributed by atoms with Crippen LogP contribution in [0.1, 0.15) is 85.3 Å². The summed E-state index contributed by atoms with van der Waals surface area (Å²) in [6, 6.07) is 10.6. The zero-order chi connectivity index (χ0) is 40.8. The number of nitrogen functional groups attached to an aromatic ring is 2. The lowest BCUT2D eigenvalue weighted by Crippen LogP contribution is -2.68. The van der Waals surface area contributed by atoms with Crippen molar-refractivity contribution in [3.63, 3.8) is 0 Å². The van der Waals surface area contributed by atoms with E-state index in [0.717, 1.165) is 5.56 Å². The molecule has 7 rings (SSSR count). The Morgan fingerprint density at radius 1 is 1.02 bits per heavy atom. The van der Waals surface area contributed by atoms with E-state index in [1.165, 1.54) is 32.5 Å². The number of aliphatic hydroxyl groups excluding tert-OH is 3. The molecule has 0 spiro atoms. The molecule has 0 saturated carbocycles. The standard InChI is InChI=1S/C40H45N7O10/c1-44-39(43)47-25-5-4-20(11-19-3-6-28(41)46-16-19)22-15-24-32(34(50)30(22)25)35(51)31-23(33(24)49)13-21(55-2)14-26(31)56-38-36(52)37(53)40(54,27(17-48)57-38)9-7-18-8-10-45-29(42)12-18/h3,6,8,10,12-16,20,25,27,36-38,48,50,52-54H,4-5,7,9,11,17H2,1-2H3,(H2,41,46)(H2,42,45)(H3,43,44,47). The summed E-state index contributed by atoms with van der Waals surface area (Å²) in [7, 11) is 2.86. The van der Waals surface area contributed by atoms with Gasteiger partial charge in [0.05, 0.1) is 30.9 Å². The van der Waals surface area contributed by atoms with Gasteiger partial charge in [-0.15, -0.1) is 0 Å². The molecule has 2 aromatic carbocycles. The van der Waals surface area contributed by atoms with Crippen LogP contribution in [0.25, 0.3) is 0 Å². The van der Waals surface area contributed by atoms with Gasteiger partial charge in [0, 0.05) is 42.2 Å². The number of aryl methyl sites for hydroxylation is 1. The number of rotatable bonds is 10. The maximum Gasteiger partial charge on any atom is 0.229 e. The molecule has 17 nitrogen and oxygen atoms in total. The van der Waals surface area contributed by atoms with E-state index >= 15 is 0 Å². The summed E-state index contributed by atoms with van der Waals surface area (Å²) in [5.41, 5.74) is 17.5. The van der Waals surface area contributed by atoms with Gasteiger partial charge in [0.25, 0.3) is 0 Å². The Bertz CT molecular complexity index is 2230. The van der Waals surface area contributed by atoms with Crippen LogP contribution in [0.2, 0.25) is 0 Å². The maximum atomic E-state index is 14.7. The minimum atomic E-state index is -2.14. The number of hydrogen-bond donors (Lipinski definition) is 9. The molecule has 0 bridgehead atoms. The van der Waals surface area contributed by atoms with E-state index in [0.29, 0.717) is 41.8 Å². The number of benzene rings is 2. The molecular weight excluding hydrogens is 738 g/mol. The summed E-state index contributed by atoms with van der Waals surface area (Å²) in [6.07, 6.45) is -2.20. The van der Waals surface area contributed by atoms with Gasteiger partial charge in [0.15, 0.2) is 11.7 Å². The largest absolute Gasteiger partial charge is 0.507 e. The minimum absolute atomic E-state index is 0.0353. The highest BCUT2D eigenvalue weighted by molar-refractivity contribution is 6.30. The maximum absolute atomic E-state index is 14.7. The van der Waals surface area contributed by atoms with Crippen molar-refractivity contribution in [2.75, 3.05) is 32.2 Å². The highest BCUT2D eigenvalue weighted by Crippen LogP contribution is 2.49. The first-order valence-electron chi connectivity index (χ1n) is 18.4. The predicted octanol–water partition coefficient (Wildman–Crippen LogP) is 1.01. The quantitative estimate of drug-likeness (QED) is 0.0705. The average Bonchev–Trinajstić information content (AvgIpc) is 3.20. The Kier molecular flexibility index (Phi) is 10.8. The SMILES string of the molecule is CN=C(N)NC1CCC(Cc2ccc(N)nc2)c2cc3c(c(O)c21)C(=O)c1c(OC2OC(CO)C(O)(CCc4ccnc(N)c4)C(O)C2O)cc(OC)cc1C3=O. The third-order valence-electron chi connectivity index (χ3n) is 11.2. The van der Waals surface area contributed by atoms with Crippen molar-refractivity contribution in [2.45, 2.75) is 74.3 Å². The average molecular weight is 784 g/mol. The second-order valence-corrected chi connectivity index (χ2v) is 14.5. The van der Waals surface area contributed by atoms with Gasteiger partial charge in [-0.1, -0.05) is 6.07 Å². The zero-order valence-electron chi connectivity index (χ0n) is 31.3. The number of carbonyl (C=O) groups is 2. The number of nitrogens with zero attached hydrogens (tertiary/aromatic N) is 3. The van der Waals surface area contributed by atoms with E-state index in [-0.39, 0.29) is 64.3 Å². The van der Waals surface area contributed by atoms with Crippen molar-refractivity contribution in [1.82, 2.24) is 15.3 Å². The molecule has 12 N–H and O–H groups in total. The third kappa shape index (κ3) is 7.19. The molecule has 0 radical (unpaired) electrons.